The Hall–Kier alpha value is -2.17. The van der Waals surface area contributed by atoms with Crippen LogP contribution in [-0.2, 0) is 12.6 Å². The van der Waals surface area contributed by atoms with Gasteiger partial charge < -0.3 is 0 Å². The van der Waals surface area contributed by atoms with Crippen molar-refractivity contribution in [2.24, 2.45) is 0 Å². The molecular weight excluding hydrogens is 279 g/mol. The molecule has 110 valence electrons. The third kappa shape index (κ3) is 3.48. The first-order chi connectivity index (χ1) is 9.79. The molecule has 1 aromatic carbocycles. The lowest BCUT2D eigenvalue weighted by Gasteiger charge is -2.12. The number of alkyl halides is 3. The summed E-state index contributed by atoms with van der Waals surface area (Å²) in [6, 6.07) is 6.40. The summed E-state index contributed by atoms with van der Waals surface area (Å²) >= 11 is 0. The number of aryl methyl sites for hydroxylation is 2. The summed E-state index contributed by atoms with van der Waals surface area (Å²) in [7, 11) is 0. The number of nitrogens with zero attached hydrogens (tertiary/aromatic N) is 1. The molecule has 0 amide bonds. The molecule has 0 unspecified atom stereocenters. The summed E-state index contributed by atoms with van der Waals surface area (Å²) in [6.45, 7) is 3.70. The maximum Gasteiger partial charge on any atom is 0.417 e. The summed E-state index contributed by atoms with van der Waals surface area (Å²) in [6.07, 6.45) is -2.61. The van der Waals surface area contributed by atoms with E-state index < -0.39 is 17.5 Å². The summed E-state index contributed by atoms with van der Waals surface area (Å²) in [4.78, 5) is 15.8. The second-order valence-corrected chi connectivity index (χ2v) is 4.95. The molecule has 0 aliphatic carbocycles. The van der Waals surface area contributed by atoms with Crippen molar-refractivity contribution in [2.45, 2.75) is 26.4 Å². The van der Waals surface area contributed by atoms with E-state index in [1.165, 1.54) is 0 Å². The van der Waals surface area contributed by atoms with E-state index in [9.17, 15) is 18.0 Å². The van der Waals surface area contributed by atoms with Gasteiger partial charge in [0.2, 0.25) is 0 Å². The Balaban J connectivity index is 2.36. The summed E-state index contributed by atoms with van der Waals surface area (Å²) in [5, 5.41) is 0. The van der Waals surface area contributed by atoms with E-state index in [1.807, 2.05) is 32.0 Å². The number of benzene rings is 1. The fourth-order valence-electron chi connectivity index (χ4n) is 2.12. The van der Waals surface area contributed by atoms with E-state index in [0.717, 1.165) is 35.2 Å². The van der Waals surface area contributed by atoms with Crippen molar-refractivity contribution in [2.75, 3.05) is 0 Å². The number of Topliss-reactive ketones (excluding diaryl/α,β-unsaturated/α-hetero) is 1. The number of halogens is 3. The molecule has 0 saturated heterocycles. The number of rotatable bonds is 3. The Morgan fingerprint density at radius 1 is 1.19 bits per heavy atom. The molecule has 0 saturated carbocycles. The smallest absolute Gasteiger partial charge is 0.294 e. The molecule has 0 N–H and O–H groups in total. The summed E-state index contributed by atoms with van der Waals surface area (Å²) in [5.41, 5.74) is 1.26. The van der Waals surface area contributed by atoms with E-state index in [2.05, 4.69) is 4.98 Å². The fourth-order valence-corrected chi connectivity index (χ4v) is 2.12. The van der Waals surface area contributed by atoms with Crippen molar-refractivity contribution >= 4 is 5.78 Å². The number of pyridine rings is 1. The van der Waals surface area contributed by atoms with Crippen LogP contribution in [-0.4, -0.2) is 10.8 Å². The van der Waals surface area contributed by atoms with Crippen molar-refractivity contribution in [1.29, 1.82) is 0 Å². The second kappa shape index (κ2) is 5.68. The van der Waals surface area contributed by atoms with Gasteiger partial charge in [-0.1, -0.05) is 23.8 Å². The predicted molar refractivity (Wildman–Crippen MR) is 73.2 cm³/mol. The van der Waals surface area contributed by atoms with E-state index in [0.29, 0.717) is 0 Å². The first kappa shape index (κ1) is 15.2. The first-order valence-electron chi connectivity index (χ1n) is 6.39. The first-order valence-corrected chi connectivity index (χ1v) is 6.39. The quantitative estimate of drug-likeness (QED) is 0.796. The van der Waals surface area contributed by atoms with Crippen LogP contribution in [0.15, 0.2) is 36.7 Å². The maximum atomic E-state index is 12.9. The molecule has 0 atom stereocenters. The SMILES string of the molecule is Cc1ccc(C)c(CC(=O)c2cnccc2C(F)(F)F)c1. The lowest BCUT2D eigenvalue weighted by Crippen LogP contribution is -2.15. The molecule has 0 fully saturated rings. The molecule has 0 spiro atoms. The van der Waals surface area contributed by atoms with Crippen LogP contribution < -0.4 is 0 Å². The van der Waals surface area contributed by atoms with Crippen LogP contribution in [0.5, 0.6) is 0 Å². The van der Waals surface area contributed by atoms with Crippen LogP contribution in [0.4, 0.5) is 13.2 Å². The maximum absolute atomic E-state index is 12.9. The van der Waals surface area contributed by atoms with Gasteiger partial charge in [0.05, 0.1) is 5.56 Å². The molecule has 1 aromatic heterocycles. The zero-order valence-corrected chi connectivity index (χ0v) is 11.7. The Bertz CT molecular complexity index is 677. The molecule has 5 heteroatoms. The second-order valence-electron chi connectivity index (χ2n) is 4.95. The van der Waals surface area contributed by atoms with Crippen LogP contribution >= 0.6 is 0 Å². The highest BCUT2D eigenvalue weighted by Gasteiger charge is 2.35. The third-order valence-electron chi connectivity index (χ3n) is 3.28. The highest BCUT2D eigenvalue weighted by Crippen LogP contribution is 2.32. The summed E-state index contributed by atoms with van der Waals surface area (Å²) < 4.78 is 38.7. The third-order valence-corrected chi connectivity index (χ3v) is 3.28. The average Bonchev–Trinajstić information content (AvgIpc) is 2.42. The molecule has 2 nitrogen and oxygen atoms in total. The van der Waals surface area contributed by atoms with Crippen molar-refractivity contribution in [1.82, 2.24) is 4.98 Å². The zero-order valence-electron chi connectivity index (χ0n) is 11.7. The van der Waals surface area contributed by atoms with Crippen LogP contribution in [0, 0.1) is 13.8 Å². The minimum absolute atomic E-state index is 0.0672. The van der Waals surface area contributed by atoms with Crippen LogP contribution in [0.3, 0.4) is 0 Å². The van der Waals surface area contributed by atoms with Gasteiger partial charge in [-0.3, -0.25) is 9.78 Å². The monoisotopic (exact) mass is 293 g/mol. The molecule has 21 heavy (non-hydrogen) atoms. The molecular formula is C16H14F3NO. The van der Waals surface area contributed by atoms with Gasteiger partial charge in [0.25, 0.3) is 0 Å². The lowest BCUT2D eigenvalue weighted by atomic mass is 9.96. The Labute approximate surface area is 120 Å². The van der Waals surface area contributed by atoms with Crippen molar-refractivity contribution < 1.29 is 18.0 Å². The highest BCUT2D eigenvalue weighted by atomic mass is 19.4. The van der Waals surface area contributed by atoms with E-state index in [-0.39, 0.29) is 12.0 Å². The Morgan fingerprint density at radius 2 is 1.90 bits per heavy atom. The van der Waals surface area contributed by atoms with E-state index in [1.54, 1.807) is 0 Å². The van der Waals surface area contributed by atoms with Gasteiger partial charge in [-0.05, 0) is 31.0 Å². The number of carbonyl (C=O) groups excluding carboxylic acids is 1. The molecule has 0 bridgehead atoms. The van der Waals surface area contributed by atoms with Crippen LogP contribution in [0.1, 0.15) is 32.6 Å². The lowest BCUT2D eigenvalue weighted by molar-refractivity contribution is -0.138. The van der Waals surface area contributed by atoms with E-state index >= 15 is 0 Å². The Morgan fingerprint density at radius 3 is 2.57 bits per heavy atom. The number of hydrogen-bond donors (Lipinski definition) is 0. The largest absolute Gasteiger partial charge is 0.417 e. The molecule has 0 radical (unpaired) electrons. The van der Waals surface area contributed by atoms with E-state index in [4.69, 9.17) is 0 Å². The van der Waals surface area contributed by atoms with Gasteiger partial charge in [0.15, 0.2) is 5.78 Å². The predicted octanol–water partition coefficient (Wildman–Crippen LogP) is 4.14. The van der Waals surface area contributed by atoms with Gasteiger partial charge >= 0.3 is 6.18 Å². The Kier molecular flexibility index (Phi) is 4.11. The number of carbonyl (C=O) groups is 1. The highest BCUT2D eigenvalue weighted by molar-refractivity contribution is 5.98. The van der Waals surface area contributed by atoms with Gasteiger partial charge in [-0.25, -0.2) is 0 Å². The standard InChI is InChI=1S/C16H14F3NO/c1-10-3-4-11(2)12(7-10)8-15(21)13-9-20-6-5-14(13)16(17,18)19/h3-7,9H,8H2,1-2H3. The van der Waals surface area contributed by atoms with Crippen molar-refractivity contribution in [3.8, 4) is 0 Å². The summed E-state index contributed by atoms with van der Waals surface area (Å²) in [5.74, 6) is -0.580. The topological polar surface area (TPSA) is 30.0 Å². The number of hydrogen-bond acceptors (Lipinski definition) is 2. The van der Waals surface area contributed by atoms with Crippen LogP contribution in [0.2, 0.25) is 0 Å². The van der Waals surface area contributed by atoms with Crippen LogP contribution in [0.25, 0.3) is 0 Å². The van der Waals surface area contributed by atoms with Gasteiger partial charge in [-0.2, -0.15) is 13.2 Å². The zero-order chi connectivity index (χ0) is 15.6. The molecule has 2 aromatic rings. The number of aromatic nitrogens is 1. The number of ketones is 1. The average molecular weight is 293 g/mol. The molecule has 0 aliphatic rings. The minimum atomic E-state index is -4.56. The fraction of sp³-hybridized carbons (Fsp3) is 0.250. The van der Waals surface area contributed by atoms with Gasteiger partial charge in [0, 0.05) is 24.4 Å². The van der Waals surface area contributed by atoms with Crippen molar-refractivity contribution in [3.05, 3.63) is 64.5 Å². The molecule has 0 aliphatic heterocycles. The van der Waals surface area contributed by atoms with Gasteiger partial charge in [0.1, 0.15) is 0 Å². The normalized spacial score (nSPS) is 11.5. The molecule has 2 rings (SSSR count). The van der Waals surface area contributed by atoms with Gasteiger partial charge in [-0.15, -0.1) is 0 Å². The van der Waals surface area contributed by atoms with Crippen molar-refractivity contribution in [3.63, 3.8) is 0 Å². The molecule has 1 heterocycles. The minimum Gasteiger partial charge on any atom is -0.294 e.